The van der Waals surface area contributed by atoms with Crippen molar-refractivity contribution in [3.63, 3.8) is 0 Å². The normalized spacial score (nSPS) is 11.7. The minimum atomic E-state index is -3.63. The van der Waals surface area contributed by atoms with Gasteiger partial charge >= 0.3 is 0 Å². The van der Waals surface area contributed by atoms with E-state index in [4.69, 9.17) is 11.6 Å². The maximum atomic E-state index is 12.2. The molecule has 4 nitrogen and oxygen atoms in total. The molecule has 0 amide bonds. The molecule has 0 aliphatic carbocycles. The van der Waals surface area contributed by atoms with E-state index in [2.05, 4.69) is 5.10 Å². The van der Waals surface area contributed by atoms with Gasteiger partial charge in [0.15, 0.2) is 0 Å². The third kappa shape index (κ3) is 3.18. The number of benzene rings is 2. The monoisotopic (exact) mass is 308 g/mol. The molecule has 0 aromatic heterocycles. The predicted octanol–water partition coefficient (Wildman–Crippen LogP) is 2.99. The van der Waals surface area contributed by atoms with Gasteiger partial charge in [0.1, 0.15) is 0 Å². The first kappa shape index (κ1) is 14.6. The molecule has 0 saturated heterocycles. The van der Waals surface area contributed by atoms with Gasteiger partial charge in [-0.15, -0.1) is 0 Å². The molecule has 2 aromatic rings. The fourth-order valence-electron chi connectivity index (χ4n) is 1.53. The van der Waals surface area contributed by atoms with Gasteiger partial charge in [0.2, 0.25) is 0 Å². The van der Waals surface area contributed by atoms with Crippen molar-refractivity contribution in [2.45, 2.75) is 4.90 Å². The highest BCUT2D eigenvalue weighted by atomic mass is 35.5. The minimum absolute atomic E-state index is 0.193. The molecular weight excluding hydrogens is 296 g/mol. The molecule has 0 unspecified atom stereocenters. The molecule has 0 atom stereocenters. The number of hydrazone groups is 1. The van der Waals surface area contributed by atoms with Crippen LogP contribution < -0.4 is 0 Å². The molecule has 2 rings (SSSR count). The molecule has 0 radical (unpaired) electrons. The van der Waals surface area contributed by atoms with Gasteiger partial charge in [-0.3, -0.25) is 0 Å². The highest BCUT2D eigenvalue weighted by Gasteiger charge is 2.18. The highest BCUT2D eigenvalue weighted by Crippen LogP contribution is 2.15. The number of sulfonamides is 1. The van der Waals surface area contributed by atoms with Crippen molar-refractivity contribution in [2.24, 2.45) is 5.10 Å². The van der Waals surface area contributed by atoms with Crippen LogP contribution in [-0.2, 0) is 10.0 Å². The van der Waals surface area contributed by atoms with Crippen LogP contribution in [0, 0.1) is 0 Å². The van der Waals surface area contributed by atoms with E-state index in [0.717, 1.165) is 4.41 Å². The molecule has 104 valence electrons. The zero-order valence-electron chi connectivity index (χ0n) is 10.8. The number of rotatable bonds is 4. The summed E-state index contributed by atoms with van der Waals surface area (Å²) in [6.07, 6.45) is 1.42. The smallest absolute Gasteiger partial charge is 0.200 e. The second kappa shape index (κ2) is 6.07. The lowest BCUT2D eigenvalue weighted by atomic mass is 10.2. The fourth-order valence-corrected chi connectivity index (χ4v) is 2.69. The lowest BCUT2D eigenvalue weighted by molar-refractivity contribution is 0.491. The van der Waals surface area contributed by atoms with Crippen molar-refractivity contribution >= 4 is 27.8 Å². The first-order valence-corrected chi connectivity index (χ1v) is 7.66. The first-order chi connectivity index (χ1) is 9.51. The molecule has 0 bridgehead atoms. The van der Waals surface area contributed by atoms with Gasteiger partial charge in [0, 0.05) is 17.6 Å². The van der Waals surface area contributed by atoms with Crippen molar-refractivity contribution in [1.29, 1.82) is 0 Å². The van der Waals surface area contributed by atoms with E-state index in [0.29, 0.717) is 10.6 Å². The zero-order valence-corrected chi connectivity index (χ0v) is 12.3. The Balaban J connectivity index is 2.25. The maximum absolute atomic E-state index is 12.2. The Labute approximate surface area is 123 Å². The summed E-state index contributed by atoms with van der Waals surface area (Å²) in [5.41, 5.74) is 0.657. The van der Waals surface area contributed by atoms with Crippen LogP contribution in [0.25, 0.3) is 0 Å². The fraction of sp³-hybridized carbons (Fsp3) is 0.0714. The molecule has 0 spiro atoms. The van der Waals surface area contributed by atoms with Crippen LogP contribution in [-0.4, -0.2) is 26.1 Å². The van der Waals surface area contributed by atoms with Crippen LogP contribution in [0.4, 0.5) is 0 Å². The van der Waals surface area contributed by atoms with E-state index in [1.54, 1.807) is 42.5 Å². The van der Waals surface area contributed by atoms with Crippen LogP contribution in [0.5, 0.6) is 0 Å². The molecule has 0 aliphatic rings. The van der Waals surface area contributed by atoms with Crippen molar-refractivity contribution in [2.75, 3.05) is 7.05 Å². The van der Waals surface area contributed by atoms with Crippen molar-refractivity contribution in [1.82, 2.24) is 4.41 Å². The number of hydrogen-bond acceptors (Lipinski definition) is 3. The van der Waals surface area contributed by atoms with E-state index >= 15 is 0 Å². The highest BCUT2D eigenvalue weighted by molar-refractivity contribution is 7.89. The minimum Gasteiger partial charge on any atom is -0.200 e. The molecular formula is C14H13ClN2O2S. The van der Waals surface area contributed by atoms with Gasteiger partial charge < -0.3 is 0 Å². The molecule has 0 heterocycles. The largest absolute Gasteiger partial charge is 0.278 e. The SMILES string of the molecule is CN(N=Cc1ccccc1Cl)S(=O)(=O)c1ccccc1. The topological polar surface area (TPSA) is 49.7 Å². The Morgan fingerprint density at radius 3 is 2.30 bits per heavy atom. The standard InChI is InChI=1S/C14H13ClN2O2S/c1-17(16-11-12-7-5-6-10-14(12)15)20(18,19)13-8-3-2-4-9-13/h2-11H,1H3. The van der Waals surface area contributed by atoms with E-state index < -0.39 is 10.0 Å². The van der Waals surface area contributed by atoms with E-state index in [1.165, 1.54) is 25.4 Å². The summed E-state index contributed by atoms with van der Waals surface area (Å²) in [7, 11) is -2.25. The molecule has 0 N–H and O–H groups in total. The molecule has 0 aliphatic heterocycles. The summed E-state index contributed by atoms with van der Waals surface area (Å²) >= 11 is 5.98. The third-order valence-electron chi connectivity index (χ3n) is 2.65. The van der Waals surface area contributed by atoms with Gasteiger partial charge in [-0.1, -0.05) is 48.0 Å². The first-order valence-electron chi connectivity index (χ1n) is 5.84. The Morgan fingerprint density at radius 1 is 1.05 bits per heavy atom. The van der Waals surface area contributed by atoms with Gasteiger partial charge in [0.25, 0.3) is 10.0 Å². The van der Waals surface area contributed by atoms with Crippen LogP contribution >= 0.6 is 11.6 Å². The lowest BCUT2D eigenvalue weighted by Crippen LogP contribution is -2.21. The van der Waals surface area contributed by atoms with Crippen LogP contribution in [0.15, 0.2) is 64.6 Å². The van der Waals surface area contributed by atoms with Gasteiger partial charge in [-0.25, -0.2) is 0 Å². The van der Waals surface area contributed by atoms with Crippen molar-refractivity contribution in [3.8, 4) is 0 Å². The molecule has 20 heavy (non-hydrogen) atoms. The number of hydrogen-bond donors (Lipinski definition) is 0. The van der Waals surface area contributed by atoms with Gasteiger partial charge in [-0.2, -0.15) is 17.9 Å². The summed E-state index contributed by atoms with van der Waals surface area (Å²) in [5.74, 6) is 0. The summed E-state index contributed by atoms with van der Waals surface area (Å²) < 4.78 is 25.4. The van der Waals surface area contributed by atoms with Crippen molar-refractivity contribution < 1.29 is 8.42 Å². The average Bonchev–Trinajstić information content (AvgIpc) is 2.47. The average molecular weight is 309 g/mol. The van der Waals surface area contributed by atoms with Gasteiger partial charge in [0.05, 0.1) is 11.1 Å². The van der Waals surface area contributed by atoms with Crippen LogP contribution in [0.2, 0.25) is 5.02 Å². The Kier molecular flexibility index (Phi) is 4.42. The molecule has 0 fully saturated rings. The summed E-state index contributed by atoms with van der Waals surface area (Å²) in [5, 5.41) is 4.45. The predicted molar refractivity (Wildman–Crippen MR) is 80.4 cm³/mol. The quantitative estimate of drug-likeness (QED) is 0.644. The van der Waals surface area contributed by atoms with Crippen LogP contribution in [0.3, 0.4) is 0 Å². The van der Waals surface area contributed by atoms with Crippen LogP contribution in [0.1, 0.15) is 5.56 Å². The molecule has 6 heteroatoms. The third-order valence-corrected chi connectivity index (χ3v) is 4.66. The second-order valence-electron chi connectivity index (χ2n) is 4.02. The second-order valence-corrected chi connectivity index (χ2v) is 6.38. The number of halogens is 1. The Hall–Kier alpha value is -1.85. The summed E-state index contributed by atoms with van der Waals surface area (Å²) in [4.78, 5) is 0.193. The van der Waals surface area contributed by atoms with E-state index in [9.17, 15) is 8.42 Å². The Bertz CT molecular complexity index is 715. The molecule has 0 saturated carbocycles. The van der Waals surface area contributed by atoms with Gasteiger partial charge in [-0.05, 0) is 18.2 Å². The zero-order chi connectivity index (χ0) is 14.6. The van der Waals surface area contributed by atoms with Crippen molar-refractivity contribution in [3.05, 3.63) is 65.2 Å². The summed E-state index contributed by atoms with van der Waals surface area (Å²) in [6, 6.07) is 15.2. The number of nitrogens with zero attached hydrogens (tertiary/aromatic N) is 2. The lowest BCUT2D eigenvalue weighted by Gasteiger charge is -2.13. The maximum Gasteiger partial charge on any atom is 0.278 e. The van der Waals surface area contributed by atoms with E-state index in [-0.39, 0.29) is 4.90 Å². The van der Waals surface area contributed by atoms with E-state index in [1.807, 2.05) is 0 Å². The molecule has 2 aromatic carbocycles. The summed E-state index contributed by atoms with van der Waals surface area (Å²) in [6.45, 7) is 0. The Morgan fingerprint density at radius 2 is 1.65 bits per heavy atom.